The quantitative estimate of drug-likeness (QED) is 0.434. The van der Waals surface area contributed by atoms with Gasteiger partial charge >= 0.3 is 5.76 Å². The number of anilines is 1. The largest absolute Gasteiger partial charge is 0.419 e. The van der Waals surface area contributed by atoms with Gasteiger partial charge in [0.05, 0.1) is 20.6 Å². The molecule has 0 atom stereocenters. The number of fused-ring (bicyclic) bond motifs is 2. The molecule has 5 aromatic rings. The maximum atomic E-state index is 12.8. The summed E-state index contributed by atoms with van der Waals surface area (Å²) < 4.78 is 35.7. The average molecular weight is 452 g/mol. The third-order valence-corrected chi connectivity index (χ3v) is 7.45. The highest BCUT2D eigenvalue weighted by Crippen LogP contribution is 2.31. The monoisotopic (exact) mass is 451 g/mol. The SMILES string of the molecule is Cc1ccc2nc(-c3ccc(NS(=O)(=O)c4ccc5c(c4)oc(=O)n5C)cc3)sc2c1. The van der Waals surface area contributed by atoms with E-state index in [9.17, 15) is 13.2 Å². The Bertz CT molecular complexity index is 1610. The van der Waals surface area contributed by atoms with Crippen molar-refractivity contribution in [3.05, 3.63) is 76.8 Å². The lowest BCUT2D eigenvalue weighted by Gasteiger charge is -2.08. The van der Waals surface area contributed by atoms with Crippen LogP contribution in [0.5, 0.6) is 0 Å². The predicted octanol–water partition coefficient (Wildman–Crippen LogP) is 4.52. The van der Waals surface area contributed by atoms with E-state index in [0.29, 0.717) is 11.2 Å². The number of nitrogens with zero attached hydrogens (tertiary/aromatic N) is 2. The molecule has 0 radical (unpaired) electrons. The van der Waals surface area contributed by atoms with E-state index < -0.39 is 15.8 Å². The topological polar surface area (TPSA) is 94.2 Å². The van der Waals surface area contributed by atoms with Crippen LogP contribution in [0, 0.1) is 6.92 Å². The molecule has 3 aromatic carbocycles. The molecule has 7 nitrogen and oxygen atoms in total. The van der Waals surface area contributed by atoms with Crippen molar-refractivity contribution in [3.8, 4) is 10.6 Å². The normalized spacial score (nSPS) is 11.9. The average Bonchev–Trinajstić information content (AvgIpc) is 3.28. The lowest BCUT2D eigenvalue weighted by atomic mass is 10.2. The summed E-state index contributed by atoms with van der Waals surface area (Å²) in [5.41, 5.74) is 4.21. The summed E-state index contributed by atoms with van der Waals surface area (Å²) in [6, 6.07) is 17.5. The van der Waals surface area contributed by atoms with Gasteiger partial charge in [-0.05, 0) is 61.0 Å². The molecule has 31 heavy (non-hydrogen) atoms. The van der Waals surface area contributed by atoms with Crippen molar-refractivity contribution >= 4 is 48.4 Å². The number of hydrogen-bond donors (Lipinski definition) is 1. The van der Waals surface area contributed by atoms with E-state index >= 15 is 0 Å². The van der Waals surface area contributed by atoms with Crippen LogP contribution in [0.4, 0.5) is 5.69 Å². The van der Waals surface area contributed by atoms with Crippen LogP contribution in [0.15, 0.2) is 74.8 Å². The van der Waals surface area contributed by atoms with Crippen molar-refractivity contribution in [1.29, 1.82) is 0 Å². The van der Waals surface area contributed by atoms with Gasteiger partial charge in [0.2, 0.25) is 0 Å². The van der Waals surface area contributed by atoms with Crippen molar-refractivity contribution in [1.82, 2.24) is 9.55 Å². The first kappa shape index (κ1) is 19.5. The number of oxazole rings is 1. The summed E-state index contributed by atoms with van der Waals surface area (Å²) >= 11 is 1.60. The Morgan fingerprint density at radius 2 is 1.81 bits per heavy atom. The van der Waals surface area contributed by atoms with Gasteiger partial charge in [0, 0.05) is 24.4 Å². The van der Waals surface area contributed by atoms with Crippen LogP contribution < -0.4 is 10.5 Å². The van der Waals surface area contributed by atoms with Crippen LogP contribution in [-0.2, 0) is 17.1 Å². The fourth-order valence-corrected chi connectivity index (χ4v) is 5.47. The summed E-state index contributed by atoms with van der Waals surface area (Å²) in [6.07, 6.45) is 0. The second-order valence-electron chi connectivity index (χ2n) is 7.23. The molecule has 0 aliphatic heterocycles. The zero-order valence-corrected chi connectivity index (χ0v) is 18.3. The molecule has 0 saturated heterocycles. The zero-order valence-electron chi connectivity index (χ0n) is 16.6. The highest BCUT2D eigenvalue weighted by molar-refractivity contribution is 7.92. The van der Waals surface area contributed by atoms with Crippen LogP contribution >= 0.6 is 11.3 Å². The standard InChI is InChI=1S/C22H17N3O4S2/c1-13-3-9-17-20(11-13)30-21(23-17)14-4-6-15(7-5-14)24-31(27,28)16-8-10-18-19(12-16)29-22(26)25(18)2/h3-12,24H,1-2H3. The molecular formula is C22H17N3O4S2. The van der Waals surface area contributed by atoms with Crippen LogP contribution in [0.25, 0.3) is 31.9 Å². The van der Waals surface area contributed by atoms with E-state index in [1.165, 1.54) is 22.3 Å². The molecule has 156 valence electrons. The lowest BCUT2D eigenvalue weighted by molar-refractivity contribution is 0.527. The first-order valence-electron chi connectivity index (χ1n) is 9.40. The van der Waals surface area contributed by atoms with Gasteiger partial charge in [-0.15, -0.1) is 11.3 Å². The van der Waals surface area contributed by atoms with Crippen LogP contribution in [0.3, 0.4) is 0 Å². The van der Waals surface area contributed by atoms with E-state index in [1.54, 1.807) is 36.6 Å². The maximum Gasteiger partial charge on any atom is 0.419 e. The smallest absolute Gasteiger partial charge is 0.408 e. The van der Waals surface area contributed by atoms with Gasteiger partial charge in [0.25, 0.3) is 10.0 Å². The molecule has 2 aromatic heterocycles. The summed E-state index contributed by atoms with van der Waals surface area (Å²) in [7, 11) is -2.28. The molecule has 1 N–H and O–H groups in total. The summed E-state index contributed by atoms with van der Waals surface area (Å²) in [5, 5.41) is 0.875. The molecule has 0 unspecified atom stereocenters. The van der Waals surface area contributed by atoms with Crippen molar-refractivity contribution in [2.45, 2.75) is 11.8 Å². The number of rotatable bonds is 4. The van der Waals surface area contributed by atoms with E-state index in [1.807, 2.05) is 31.2 Å². The van der Waals surface area contributed by atoms with E-state index in [-0.39, 0.29) is 10.5 Å². The molecular weight excluding hydrogens is 434 g/mol. The highest BCUT2D eigenvalue weighted by atomic mass is 32.2. The third-order valence-electron chi connectivity index (χ3n) is 5.00. The number of benzene rings is 3. The number of sulfonamides is 1. The minimum atomic E-state index is -3.85. The number of nitrogens with one attached hydrogen (secondary N) is 1. The van der Waals surface area contributed by atoms with Gasteiger partial charge < -0.3 is 4.42 Å². The molecule has 0 spiro atoms. The number of aryl methyl sites for hydroxylation is 2. The zero-order chi connectivity index (χ0) is 21.8. The van der Waals surface area contributed by atoms with E-state index in [4.69, 9.17) is 4.42 Å². The first-order chi connectivity index (χ1) is 14.8. The van der Waals surface area contributed by atoms with Crippen molar-refractivity contribution in [2.24, 2.45) is 7.05 Å². The second kappa shape index (κ2) is 7.07. The van der Waals surface area contributed by atoms with Crippen molar-refractivity contribution in [2.75, 3.05) is 4.72 Å². The predicted molar refractivity (Wildman–Crippen MR) is 122 cm³/mol. The van der Waals surface area contributed by atoms with Crippen molar-refractivity contribution in [3.63, 3.8) is 0 Å². The Balaban J connectivity index is 1.42. The minimum Gasteiger partial charge on any atom is -0.408 e. The molecule has 9 heteroatoms. The molecule has 0 fully saturated rings. The van der Waals surface area contributed by atoms with Crippen LogP contribution in [0.2, 0.25) is 0 Å². The Kier molecular flexibility index (Phi) is 4.45. The second-order valence-corrected chi connectivity index (χ2v) is 9.94. The van der Waals surface area contributed by atoms with Crippen LogP contribution in [-0.4, -0.2) is 18.0 Å². The Labute approximate surface area is 181 Å². The van der Waals surface area contributed by atoms with Crippen LogP contribution in [0.1, 0.15) is 5.56 Å². The van der Waals surface area contributed by atoms with Gasteiger partial charge in [-0.1, -0.05) is 6.07 Å². The van der Waals surface area contributed by atoms with E-state index in [2.05, 4.69) is 15.8 Å². The maximum absolute atomic E-state index is 12.8. The number of thiazole rings is 1. The molecule has 0 bridgehead atoms. The van der Waals surface area contributed by atoms with Gasteiger partial charge in [-0.25, -0.2) is 18.2 Å². The Morgan fingerprint density at radius 1 is 1.03 bits per heavy atom. The van der Waals surface area contributed by atoms with Gasteiger partial charge in [-0.2, -0.15) is 0 Å². The van der Waals surface area contributed by atoms with Crippen molar-refractivity contribution < 1.29 is 12.8 Å². The minimum absolute atomic E-state index is 0.0139. The Morgan fingerprint density at radius 3 is 2.58 bits per heavy atom. The number of aromatic nitrogens is 2. The third kappa shape index (κ3) is 3.51. The van der Waals surface area contributed by atoms with Gasteiger partial charge in [-0.3, -0.25) is 9.29 Å². The fraction of sp³-hybridized carbons (Fsp3) is 0.0909. The lowest BCUT2D eigenvalue weighted by Crippen LogP contribution is -2.12. The molecule has 0 saturated carbocycles. The molecule has 2 heterocycles. The first-order valence-corrected chi connectivity index (χ1v) is 11.7. The highest BCUT2D eigenvalue weighted by Gasteiger charge is 2.17. The summed E-state index contributed by atoms with van der Waals surface area (Å²) in [5.74, 6) is -0.543. The fourth-order valence-electron chi connectivity index (χ4n) is 3.33. The summed E-state index contributed by atoms with van der Waals surface area (Å²) in [4.78, 5) is 16.3. The van der Waals surface area contributed by atoms with Gasteiger partial charge in [0.1, 0.15) is 5.01 Å². The van der Waals surface area contributed by atoms with E-state index in [0.717, 1.165) is 20.8 Å². The molecule has 5 rings (SSSR count). The van der Waals surface area contributed by atoms with Gasteiger partial charge in [0.15, 0.2) is 5.58 Å². The summed E-state index contributed by atoms with van der Waals surface area (Å²) in [6.45, 7) is 2.04. The molecule has 0 aliphatic rings. The molecule has 0 aliphatic carbocycles. The molecule has 0 amide bonds. The Hall–Kier alpha value is -3.43. The number of hydrogen-bond acceptors (Lipinski definition) is 6.